The molecule has 0 radical (unpaired) electrons. The number of rotatable bonds is 5. The van der Waals surface area contributed by atoms with Gasteiger partial charge in [-0.1, -0.05) is 23.7 Å². The van der Waals surface area contributed by atoms with Crippen LogP contribution in [0.1, 0.15) is 22.0 Å². The molecule has 1 aromatic heterocycles. The summed E-state index contributed by atoms with van der Waals surface area (Å²) in [6.45, 7) is 0. The summed E-state index contributed by atoms with van der Waals surface area (Å²) in [5.41, 5.74) is 1.53. The van der Waals surface area contributed by atoms with Crippen molar-refractivity contribution in [3.8, 4) is 5.75 Å². The van der Waals surface area contributed by atoms with Crippen LogP contribution in [0, 0.1) is 0 Å². The standard InChI is InChI=1S/C21H17ClN4O4/c1-30-15-8-2-12(3-9-15)18-10-17(21(28)29)25-19-16(11-23-26(18)19)20(27)24-14-6-4-13(22)5-7-14/h2-11,18,25H,1H3,(H,24,27)(H,28,29)/t18-/m0/s1. The van der Waals surface area contributed by atoms with E-state index in [9.17, 15) is 14.7 Å². The molecule has 0 bridgehead atoms. The Bertz CT molecular complexity index is 1140. The summed E-state index contributed by atoms with van der Waals surface area (Å²) in [5.74, 6) is -0.586. The number of allylic oxidation sites excluding steroid dienone is 1. The molecule has 0 aliphatic carbocycles. The number of halogens is 1. The highest BCUT2D eigenvalue weighted by atomic mass is 35.5. The van der Waals surface area contributed by atoms with E-state index in [0.29, 0.717) is 22.3 Å². The maximum absolute atomic E-state index is 12.8. The van der Waals surface area contributed by atoms with Gasteiger partial charge in [-0.05, 0) is 48.0 Å². The van der Waals surface area contributed by atoms with Gasteiger partial charge in [-0.3, -0.25) is 4.79 Å². The zero-order valence-corrected chi connectivity index (χ0v) is 16.6. The third kappa shape index (κ3) is 3.72. The minimum absolute atomic E-state index is 0.0376. The molecule has 3 aromatic rings. The fraction of sp³-hybridized carbons (Fsp3) is 0.0952. The molecule has 2 heterocycles. The highest BCUT2D eigenvalue weighted by Gasteiger charge is 2.29. The fourth-order valence-corrected chi connectivity index (χ4v) is 3.28. The number of hydrogen-bond donors (Lipinski definition) is 3. The average molecular weight is 425 g/mol. The summed E-state index contributed by atoms with van der Waals surface area (Å²) in [6.07, 6.45) is 2.95. The monoisotopic (exact) mass is 424 g/mol. The van der Waals surface area contributed by atoms with E-state index < -0.39 is 17.9 Å². The third-order valence-electron chi connectivity index (χ3n) is 4.67. The summed E-state index contributed by atoms with van der Waals surface area (Å²) in [4.78, 5) is 24.5. The van der Waals surface area contributed by atoms with Gasteiger partial charge in [0.15, 0.2) is 0 Å². The van der Waals surface area contributed by atoms with Crippen LogP contribution in [0.2, 0.25) is 5.02 Å². The number of nitrogens with zero attached hydrogens (tertiary/aromatic N) is 2. The second-order valence-electron chi connectivity index (χ2n) is 6.54. The second-order valence-corrected chi connectivity index (χ2v) is 6.98. The maximum atomic E-state index is 12.8. The van der Waals surface area contributed by atoms with E-state index >= 15 is 0 Å². The van der Waals surface area contributed by atoms with E-state index in [-0.39, 0.29) is 11.3 Å². The number of carboxylic acids is 1. The molecule has 1 aliphatic rings. The lowest BCUT2D eigenvalue weighted by atomic mass is 10.0. The first kappa shape index (κ1) is 19.5. The van der Waals surface area contributed by atoms with E-state index in [0.717, 1.165) is 5.56 Å². The Labute approximate surface area is 176 Å². The number of carbonyl (C=O) groups is 2. The van der Waals surface area contributed by atoms with E-state index in [1.807, 2.05) is 12.1 Å². The van der Waals surface area contributed by atoms with Gasteiger partial charge < -0.3 is 20.5 Å². The van der Waals surface area contributed by atoms with Gasteiger partial charge >= 0.3 is 5.97 Å². The molecule has 0 unspecified atom stereocenters. The van der Waals surface area contributed by atoms with Crippen molar-refractivity contribution in [1.29, 1.82) is 0 Å². The summed E-state index contributed by atoms with van der Waals surface area (Å²) >= 11 is 5.88. The van der Waals surface area contributed by atoms with E-state index in [2.05, 4.69) is 15.7 Å². The minimum atomic E-state index is -1.13. The van der Waals surface area contributed by atoms with Crippen molar-refractivity contribution < 1.29 is 19.4 Å². The van der Waals surface area contributed by atoms with Crippen molar-refractivity contribution in [2.75, 3.05) is 17.7 Å². The zero-order chi connectivity index (χ0) is 21.3. The summed E-state index contributed by atoms with van der Waals surface area (Å²) in [7, 11) is 1.57. The number of methoxy groups -OCH3 is 1. The van der Waals surface area contributed by atoms with Crippen molar-refractivity contribution in [3.63, 3.8) is 0 Å². The second kappa shape index (κ2) is 7.92. The first-order chi connectivity index (χ1) is 14.5. The smallest absolute Gasteiger partial charge is 0.352 e. The molecule has 2 aromatic carbocycles. The number of ether oxygens (including phenoxy) is 1. The van der Waals surface area contributed by atoms with Crippen LogP contribution in [0.3, 0.4) is 0 Å². The molecule has 3 N–H and O–H groups in total. The van der Waals surface area contributed by atoms with Gasteiger partial charge in [0, 0.05) is 10.7 Å². The summed E-state index contributed by atoms with van der Waals surface area (Å²) in [6, 6.07) is 13.4. The Morgan fingerprint density at radius 2 is 1.87 bits per heavy atom. The minimum Gasteiger partial charge on any atom is -0.497 e. The Kier molecular flexibility index (Phi) is 5.16. The molecular formula is C21H17ClN4O4. The van der Waals surface area contributed by atoms with Gasteiger partial charge in [0.05, 0.1) is 19.3 Å². The SMILES string of the molecule is COc1ccc([C@@H]2C=C(C(=O)O)Nc3c(C(=O)Nc4ccc(Cl)cc4)cnn32)cc1. The number of nitrogens with one attached hydrogen (secondary N) is 2. The number of hydrogen-bond acceptors (Lipinski definition) is 5. The van der Waals surface area contributed by atoms with Gasteiger partial charge in [0.1, 0.15) is 22.8 Å². The van der Waals surface area contributed by atoms with Gasteiger partial charge in [0.2, 0.25) is 0 Å². The molecule has 152 valence electrons. The van der Waals surface area contributed by atoms with Crippen LogP contribution in [-0.2, 0) is 4.79 Å². The molecule has 0 spiro atoms. The fourth-order valence-electron chi connectivity index (χ4n) is 3.16. The Morgan fingerprint density at radius 3 is 2.50 bits per heavy atom. The molecule has 30 heavy (non-hydrogen) atoms. The van der Waals surface area contributed by atoms with E-state index in [1.165, 1.54) is 6.20 Å². The lowest BCUT2D eigenvalue weighted by Gasteiger charge is -2.24. The van der Waals surface area contributed by atoms with Gasteiger partial charge in [-0.2, -0.15) is 5.10 Å². The largest absolute Gasteiger partial charge is 0.497 e. The van der Waals surface area contributed by atoms with Crippen LogP contribution in [-0.4, -0.2) is 33.9 Å². The molecule has 0 saturated carbocycles. The van der Waals surface area contributed by atoms with Crippen molar-refractivity contribution in [2.24, 2.45) is 0 Å². The number of aromatic nitrogens is 2. The number of benzene rings is 2. The topological polar surface area (TPSA) is 105 Å². The van der Waals surface area contributed by atoms with E-state index in [1.54, 1.807) is 54.3 Å². The summed E-state index contributed by atoms with van der Waals surface area (Å²) < 4.78 is 6.75. The highest BCUT2D eigenvalue weighted by Crippen LogP contribution is 2.33. The maximum Gasteiger partial charge on any atom is 0.352 e. The molecule has 1 aliphatic heterocycles. The number of fused-ring (bicyclic) bond motifs is 1. The van der Waals surface area contributed by atoms with Crippen LogP contribution in [0.4, 0.5) is 11.5 Å². The normalized spacial score (nSPS) is 14.9. The lowest BCUT2D eigenvalue weighted by Crippen LogP contribution is -2.25. The number of amides is 1. The highest BCUT2D eigenvalue weighted by molar-refractivity contribution is 6.30. The van der Waals surface area contributed by atoms with Crippen molar-refractivity contribution in [3.05, 3.63) is 82.7 Å². The predicted octanol–water partition coefficient (Wildman–Crippen LogP) is 3.78. The van der Waals surface area contributed by atoms with Crippen LogP contribution in [0.25, 0.3) is 0 Å². The molecule has 0 saturated heterocycles. The molecule has 1 amide bonds. The number of carbonyl (C=O) groups excluding carboxylic acids is 1. The lowest BCUT2D eigenvalue weighted by molar-refractivity contribution is -0.132. The van der Waals surface area contributed by atoms with E-state index in [4.69, 9.17) is 16.3 Å². The number of aliphatic carboxylic acids is 1. The van der Waals surface area contributed by atoms with Crippen molar-refractivity contribution >= 4 is 35.0 Å². The molecule has 8 nitrogen and oxygen atoms in total. The molecule has 1 atom stereocenters. The first-order valence-electron chi connectivity index (χ1n) is 8.97. The third-order valence-corrected chi connectivity index (χ3v) is 4.92. The first-order valence-corrected chi connectivity index (χ1v) is 9.34. The molecule has 4 rings (SSSR count). The zero-order valence-electron chi connectivity index (χ0n) is 15.8. The van der Waals surface area contributed by atoms with Gasteiger partial charge in [-0.25, -0.2) is 9.48 Å². The quantitative estimate of drug-likeness (QED) is 0.575. The predicted molar refractivity (Wildman–Crippen MR) is 112 cm³/mol. The van der Waals surface area contributed by atoms with Crippen LogP contribution in [0.5, 0.6) is 5.75 Å². The number of anilines is 2. The molecule has 0 fully saturated rings. The van der Waals surface area contributed by atoms with Crippen LogP contribution < -0.4 is 15.4 Å². The van der Waals surface area contributed by atoms with Gasteiger partial charge in [-0.15, -0.1) is 0 Å². The Hall–Kier alpha value is -3.78. The Morgan fingerprint density at radius 1 is 1.17 bits per heavy atom. The molecule has 9 heteroatoms. The average Bonchev–Trinajstić information content (AvgIpc) is 3.19. The Balaban J connectivity index is 1.69. The van der Waals surface area contributed by atoms with Crippen LogP contribution in [0.15, 0.2) is 66.5 Å². The van der Waals surface area contributed by atoms with Crippen molar-refractivity contribution in [1.82, 2.24) is 9.78 Å². The molecular weight excluding hydrogens is 408 g/mol. The van der Waals surface area contributed by atoms with Crippen molar-refractivity contribution in [2.45, 2.75) is 6.04 Å². The summed E-state index contributed by atoms with van der Waals surface area (Å²) in [5, 5.41) is 20.0. The van der Waals surface area contributed by atoms with Gasteiger partial charge in [0.25, 0.3) is 5.91 Å². The van der Waals surface area contributed by atoms with Crippen LogP contribution >= 0.6 is 11.6 Å². The number of carboxylic acid groups (broad SMARTS) is 1.